The molecule has 6 rings (SSSR count). The molecular weight excluding hydrogens is 505 g/mol. The topological polar surface area (TPSA) is 156 Å². The quantitative estimate of drug-likeness (QED) is 0.245. The van der Waals surface area contributed by atoms with Gasteiger partial charge in [0, 0.05) is 22.9 Å². The average Bonchev–Trinajstić information content (AvgIpc) is 3.54. The normalized spacial score (nSPS) is 17.7. The van der Waals surface area contributed by atoms with E-state index in [9.17, 15) is 14.7 Å². The smallest absolute Gasteiger partial charge is 0.326 e. The number of nitrogens with zero attached hydrogens (tertiary/aromatic N) is 5. The fourth-order valence-electron chi connectivity index (χ4n) is 4.58. The molecule has 4 aromatic rings. The Morgan fingerprint density at radius 1 is 1.21 bits per heavy atom. The number of carbonyl (C=O) groups excluding carboxylic acids is 1. The maximum Gasteiger partial charge on any atom is 0.326 e. The lowest BCUT2D eigenvalue weighted by Gasteiger charge is -2.29. The van der Waals surface area contributed by atoms with Gasteiger partial charge in [-0.15, -0.1) is 0 Å². The summed E-state index contributed by atoms with van der Waals surface area (Å²) in [6, 6.07) is 6.24. The summed E-state index contributed by atoms with van der Waals surface area (Å²) < 4.78 is 16.7. The van der Waals surface area contributed by atoms with Crippen LogP contribution in [0.2, 0.25) is 0 Å². The number of piperidine rings is 1. The number of imidazole rings is 1. The summed E-state index contributed by atoms with van der Waals surface area (Å²) in [7, 11) is 2.05. The van der Waals surface area contributed by atoms with E-state index in [2.05, 4.69) is 42.6 Å². The van der Waals surface area contributed by atoms with Crippen molar-refractivity contribution >= 4 is 29.1 Å². The van der Waals surface area contributed by atoms with E-state index < -0.39 is 11.5 Å². The van der Waals surface area contributed by atoms with Gasteiger partial charge in [-0.2, -0.15) is 9.61 Å². The predicted molar refractivity (Wildman–Crippen MR) is 141 cm³/mol. The van der Waals surface area contributed by atoms with E-state index in [1.54, 1.807) is 22.8 Å². The predicted octanol–water partition coefficient (Wildman–Crippen LogP) is 0.769. The van der Waals surface area contributed by atoms with Gasteiger partial charge in [0.2, 0.25) is 5.88 Å². The van der Waals surface area contributed by atoms with Gasteiger partial charge in [0.1, 0.15) is 17.3 Å². The molecule has 0 bridgehead atoms. The van der Waals surface area contributed by atoms with Crippen molar-refractivity contribution in [3.05, 3.63) is 68.7 Å². The summed E-state index contributed by atoms with van der Waals surface area (Å²) in [5, 5.41) is 20.8. The largest absolute Gasteiger partial charge is 0.493 e. The molecule has 1 aromatic carbocycles. The van der Waals surface area contributed by atoms with Gasteiger partial charge in [-0.25, -0.2) is 14.2 Å². The minimum absolute atomic E-state index is 0.0757. The van der Waals surface area contributed by atoms with Crippen LogP contribution >= 0.6 is 0 Å². The standard InChI is InChI=1S/C26H28FN9O3/c1-35-8-6-17(7-9-35)30-24(37)14-2-5-19(18(27)10-14)31-21-12-22(29-16-3-4-16)36-23(33-21)15(13-28-36)11-20-25(38)34-26(39)32-20/h2,5,10-13,16-17,31,38H,3-4,6-9H2,1H3,(H,30,37)(H2,32,34,39). The number of H-pyrrole nitrogens is 2. The van der Waals surface area contributed by atoms with Crippen LogP contribution in [0, 0.1) is 5.82 Å². The number of aromatic nitrogens is 5. The third kappa shape index (κ3) is 5.39. The molecule has 12 nitrogen and oxygen atoms in total. The van der Waals surface area contributed by atoms with Crippen LogP contribution in [0.1, 0.15) is 41.7 Å². The Morgan fingerprint density at radius 2 is 2.00 bits per heavy atom. The number of aromatic amines is 2. The third-order valence-corrected chi connectivity index (χ3v) is 6.92. The number of anilines is 2. The Hall–Kier alpha value is -4.52. The van der Waals surface area contributed by atoms with E-state index in [4.69, 9.17) is 4.99 Å². The van der Waals surface area contributed by atoms with Gasteiger partial charge in [0.15, 0.2) is 11.1 Å². The second-order valence-corrected chi connectivity index (χ2v) is 10.1. The minimum atomic E-state index is -0.594. The molecular formula is C26H28FN9O3. The Bertz CT molecular complexity index is 1730. The van der Waals surface area contributed by atoms with E-state index in [0.29, 0.717) is 22.2 Å². The highest BCUT2D eigenvalue weighted by Crippen LogP contribution is 2.23. The number of carbonyl (C=O) groups is 1. The van der Waals surface area contributed by atoms with Crippen LogP contribution in [0.15, 0.2) is 40.2 Å². The van der Waals surface area contributed by atoms with E-state index >= 15 is 4.39 Å². The van der Waals surface area contributed by atoms with Crippen LogP contribution in [0.3, 0.4) is 0 Å². The van der Waals surface area contributed by atoms with Crippen molar-refractivity contribution in [1.82, 2.24) is 34.8 Å². The summed E-state index contributed by atoms with van der Waals surface area (Å²) in [6.45, 7) is 1.82. The molecule has 1 saturated carbocycles. The number of fused-ring (bicyclic) bond motifs is 1. The first kappa shape index (κ1) is 24.8. The number of likely N-dealkylation sites (tertiary alicyclic amines) is 1. The van der Waals surface area contributed by atoms with Crippen molar-refractivity contribution in [3.63, 3.8) is 0 Å². The van der Waals surface area contributed by atoms with Crippen LogP contribution in [0.4, 0.5) is 15.9 Å². The van der Waals surface area contributed by atoms with Crippen molar-refractivity contribution in [1.29, 1.82) is 0 Å². The van der Waals surface area contributed by atoms with Crippen molar-refractivity contribution in [2.45, 2.75) is 37.8 Å². The zero-order chi connectivity index (χ0) is 27.1. The number of benzene rings is 1. The lowest BCUT2D eigenvalue weighted by Crippen LogP contribution is -2.43. The molecule has 202 valence electrons. The average molecular weight is 534 g/mol. The lowest BCUT2D eigenvalue weighted by atomic mass is 10.0. The minimum Gasteiger partial charge on any atom is -0.493 e. The molecule has 5 N–H and O–H groups in total. The number of amides is 1. The summed E-state index contributed by atoms with van der Waals surface area (Å²) in [6.07, 6.45) is 6.75. The molecule has 3 aromatic heterocycles. The molecule has 1 aliphatic heterocycles. The van der Waals surface area contributed by atoms with Gasteiger partial charge in [0.25, 0.3) is 5.91 Å². The molecule has 0 atom stereocenters. The van der Waals surface area contributed by atoms with E-state index in [-0.39, 0.29) is 40.8 Å². The fourth-order valence-corrected chi connectivity index (χ4v) is 4.58. The molecule has 2 fully saturated rings. The number of aromatic hydroxyl groups is 1. The molecule has 0 unspecified atom stereocenters. The van der Waals surface area contributed by atoms with Gasteiger partial charge in [-0.1, -0.05) is 0 Å². The molecule has 4 heterocycles. The Morgan fingerprint density at radius 3 is 2.69 bits per heavy atom. The van der Waals surface area contributed by atoms with Crippen molar-refractivity contribution < 1.29 is 14.3 Å². The number of rotatable bonds is 6. The highest BCUT2D eigenvalue weighted by atomic mass is 19.1. The molecule has 0 radical (unpaired) electrons. The zero-order valence-electron chi connectivity index (χ0n) is 21.2. The van der Waals surface area contributed by atoms with Crippen molar-refractivity contribution in [2.24, 2.45) is 4.99 Å². The van der Waals surface area contributed by atoms with Crippen LogP contribution in [0.5, 0.6) is 5.88 Å². The van der Waals surface area contributed by atoms with Gasteiger partial charge < -0.3 is 25.6 Å². The molecule has 39 heavy (non-hydrogen) atoms. The fraction of sp³-hybridized carbons (Fsp3) is 0.346. The monoisotopic (exact) mass is 533 g/mol. The summed E-state index contributed by atoms with van der Waals surface area (Å²) in [5.74, 6) is -0.876. The first-order valence-corrected chi connectivity index (χ1v) is 12.8. The Kier molecular flexibility index (Phi) is 6.35. The maximum atomic E-state index is 15.1. The number of hydrogen-bond acceptors (Lipinski definition) is 8. The second kappa shape index (κ2) is 9.98. The summed E-state index contributed by atoms with van der Waals surface area (Å²) >= 11 is 0. The molecule has 0 spiro atoms. The molecule has 13 heteroatoms. The zero-order valence-corrected chi connectivity index (χ0v) is 21.2. The van der Waals surface area contributed by atoms with Crippen LogP contribution in [0.25, 0.3) is 11.7 Å². The van der Waals surface area contributed by atoms with Gasteiger partial charge in [-0.05, 0) is 70.1 Å². The van der Waals surface area contributed by atoms with Crippen molar-refractivity contribution in [2.75, 3.05) is 25.5 Å². The lowest BCUT2D eigenvalue weighted by molar-refractivity contribution is 0.0916. The number of halogens is 1. The van der Waals surface area contributed by atoms with E-state index in [1.807, 2.05) is 0 Å². The van der Waals surface area contributed by atoms with Gasteiger partial charge in [0.05, 0.1) is 17.9 Å². The number of hydrogen-bond donors (Lipinski definition) is 5. The Balaban J connectivity index is 1.30. The first-order valence-electron chi connectivity index (χ1n) is 12.8. The van der Waals surface area contributed by atoms with E-state index in [1.165, 1.54) is 18.2 Å². The van der Waals surface area contributed by atoms with Crippen molar-refractivity contribution in [3.8, 4) is 5.88 Å². The third-order valence-electron chi connectivity index (χ3n) is 6.92. The Labute approximate surface area is 221 Å². The highest BCUT2D eigenvalue weighted by Gasteiger charge is 2.21. The van der Waals surface area contributed by atoms with Gasteiger partial charge in [-0.3, -0.25) is 14.8 Å². The van der Waals surface area contributed by atoms with Crippen LogP contribution < -0.4 is 27.0 Å². The van der Waals surface area contributed by atoms with E-state index in [0.717, 1.165) is 38.8 Å². The van der Waals surface area contributed by atoms with Crippen LogP contribution in [-0.4, -0.2) is 72.7 Å². The molecule has 1 amide bonds. The highest BCUT2D eigenvalue weighted by molar-refractivity contribution is 5.94. The summed E-state index contributed by atoms with van der Waals surface area (Å²) in [5.41, 5.74) is 0.960. The molecule has 2 aliphatic rings. The first-order chi connectivity index (χ1) is 18.8. The van der Waals surface area contributed by atoms with Gasteiger partial charge >= 0.3 is 5.69 Å². The molecule has 1 saturated heterocycles. The second-order valence-electron chi connectivity index (χ2n) is 10.1. The SMILES string of the molecule is CN1CCC(NC(=O)c2ccc(Nc3cc(=NC4CC4)n4ncc(=Cc5[nH]c(=O)[nH]c5O)c4n3)c(F)c2)CC1. The summed E-state index contributed by atoms with van der Waals surface area (Å²) in [4.78, 5) is 40.5. The molecule has 1 aliphatic carbocycles. The maximum absolute atomic E-state index is 15.1. The van der Waals surface area contributed by atoms with Crippen LogP contribution in [-0.2, 0) is 0 Å². The number of nitrogens with one attached hydrogen (secondary N) is 4.